The van der Waals surface area contributed by atoms with Crippen molar-refractivity contribution in [2.24, 2.45) is 0 Å². The third-order valence-corrected chi connectivity index (χ3v) is 1.88. The number of fused-ring (bicyclic) bond motifs is 1. The molecule has 1 heterocycles. The molecule has 0 saturated heterocycles. The Bertz CT molecular complexity index is 389. The maximum absolute atomic E-state index is 5.77. The standard InChI is InChI=1S/C9H6ClO/c1-6-9-3-2-8(10)4-7(9)5-11-6/h2-5H,1H2. The van der Waals surface area contributed by atoms with Crippen LogP contribution in [-0.2, 0) is 0 Å². The minimum absolute atomic E-state index is 0.691. The predicted octanol–water partition coefficient (Wildman–Crippen LogP) is 3.27. The van der Waals surface area contributed by atoms with Crippen LogP contribution in [0.25, 0.3) is 10.8 Å². The summed E-state index contributed by atoms with van der Waals surface area (Å²) in [6, 6.07) is 5.59. The summed E-state index contributed by atoms with van der Waals surface area (Å²) in [5.74, 6) is 0.691. The monoisotopic (exact) mass is 165 g/mol. The molecule has 0 aliphatic heterocycles. The summed E-state index contributed by atoms with van der Waals surface area (Å²) in [4.78, 5) is 0. The second-order valence-corrected chi connectivity index (χ2v) is 2.83. The lowest BCUT2D eigenvalue weighted by Crippen LogP contribution is -1.66. The quantitative estimate of drug-likeness (QED) is 0.584. The highest BCUT2D eigenvalue weighted by Crippen LogP contribution is 2.23. The van der Waals surface area contributed by atoms with Crippen molar-refractivity contribution < 1.29 is 4.42 Å². The van der Waals surface area contributed by atoms with Crippen molar-refractivity contribution >= 4 is 22.4 Å². The molecule has 1 aromatic heterocycles. The first kappa shape index (κ1) is 6.74. The third kappa shape index (κ3) is 1.02. The summed E-state index contributed by atoms with van der Waals surface area (Å²) in [7, 11) is 0. The highest BCUT2D eigenvalue weighted by molar-refractivity contribution is 6.31. The molecule has 0 fully saturated rings. The van der Waals surface area contributed by atoms with Gasteiger partial charge in [-0.1, -0.05) is 11.6 Å². The van der Waals surface area contributed by atoms with Crippen LogP contribution in [0.3, 0.4) is 0 Å². The van der Waals surface area contributed by atoms with Crippen molar-refractivity contribution in [3.63, 3.8) is 0 Å². The van der Waals surface area contributed by atoms with Crippen LogP contribution in [0.2, 0.25) is 5.02 Å². The van der Waals surface area contributed by atoms with Gasteiger partial charge in [-0.05, 0) is 18.2 Å². The number of benzene rings is 1. The number of hydrogen-bond acceptors (Lipinski definition) is 1. The van der Waals surface area contributed by atoms with Crippen molar-refractivity contribution in [1.82, 2.24) is 0 Å². The zero-order valence-corrected chi connectivity index (χ0v) is 6.56. The lowest BCUT2D eigenvalue weighted by Gasteiger charge is -1.89. The zero-order valence-electron chi connectivity index (χ0n) is 5.80. The van der Waals surface area contributed by atoms with Crippen molar-refractivity contribution in [2.75, 3.05) is 0 Å². The van der Waals surface area contributed by atoms with Crippen LogP contribution in [0.15, 0.2) is 28.9 Å². The molecular weight excluding hydrogens is 160 g/mol. The van der Waals surface area contributed by atoms with E-state index in [-0.39, 0.29) is 0 Å². The molecule has 0 aliphatic carbocycles. The normalized spacial score (nSPS) is 10.7. The van der Waals surface area contributed by atoms with E-state index in [1.807, 2.05) is 18.2 Å². The van der Waals surface area contributed by atoms with E-state index in [0.717, 1.165) is 15.8 Å². The number of halogens is 1. The Morgan fingerprint density at radius 1 is 1.36 bits per heavy atom. The van der Waals surface area contributed by atoms with Gasteiger partial charge in [0.25, 0.3) is 0 Å². The Hall–Kier alpha value is -0.950. The van der Waals surface area contributed by atoms with E-state index < -0.39 is 0 Å². The number of rotatable bonds is 0. The van der Waals surface area contributed by atoms with Crippen LogP contribution in [0.4, 0.5) is 0 Å². The van der Waals surface area contributed by atoms with Gasteiger partial charge in [-0.25, -0.2) is 0 Å². The lowest BCUT2D eigenvalue weighted by atomic mass is 10.2. The molecule has 1 radical (unpaired) electrons. The number of hydrogen-bond donors (Lipinski definition) is 0. The fourth-order valence-corrected chi connectivity index (χ4v) is 1.26. The van der Waals surface area contributed by atoms with Crippen LogP contribution in [0.1, 0.15) is 5.76 Å². The van der Waals surface area contributed by atoms with Gasteiger partial charge >= 0.3 is 0 Å². The van der Waals surface area contributed by atoms with Gasteiger partial charge in [-0.15, -0.1) is 0 Å². The highest BCUT2D eigenvalue weighted by Gasteiger charge is 2.00. The van der Waals surface area contributed by atoms with Gasteiger partial charge in [-0.2, -0.15) is 0 Å². The Balaban J connectivity index is 2.86. The van der Waals surface area contributed by atoms with Crippen LogP contribution in [-0.4, -0.2) is 0 Å². The SMILES string of the molecule is [CH2]c1occ2cc(Cl)ccc12. The van der Waals surface area contributed by atoms with Gasteiger partial charge in [0.15, 0.2) is 0 Å². The summed E-state index contributed by atoms with van der Waals surface area (Å²) in [6.45, 7) is 3.73. The fourth-order valence-electron chi connectivity index (χ4n) is 1.08. The Kier molecular flexibility index (Phi) is 1.40. The minimum Gasteiger partial charge on any atom is -0.468 e. The maximum Gasteiger partial charge on any atom is 0.112 e. The summed E-state index contributed by atoms with van der Waals surface area (Å²) in [5.41, 5.74) is 0. The Morgan fingerprint density at radius 3 is 3.00 bits per heavy atom. The molecule has 0 bridgehead atoms. The maximum atomic E-state index is 5.77. The molecule has 2 aromatic rings. The van der Waals surface area contributed by atoms with E-state index >= 15 is 0 Å². The molecule has 0 N–H and O–H groups in total. The van der Waals surface area contributed by atoms with E-state index in [4.69, 9.17) is 16.0 Å². The highest BCUT2D eigenvalue weighted by atomic mass is 35.5. The van der Waals surface area contributed by atoms with E-state index in [1.54, 1.807) is 6.26 Å². The topological polar surface area (TPSA) is 13.1 Å². The lowest BCUT2D eigenvalue weighted by molar-refractivity contribution is 0.554. The van der Waals surface area contributed by atoms with Gasteiger partial charge < -0.3 is 4.42 Å². The molecule has 11 heavy (non-hydrogen) atoms. The Labute approximate surface area is 69.6 Å². The van der Waals surface area contributed by atoms with Gasteiger partial charge in [0.05, 0.1) is 6.26 Å². The van der Waals surface area contributed by atoms with Gasteiger partial charge in [-0.3, -0.25) is 0 Å². The van der Waals surface area contributed by atoms with Crippen LogP contribution in [0.5, 0.6) is 0 Å². The molecule has 0 atom stereocenters. The molecule has 2 rings (SSSR count). The van der Waals surface area contributed by atoms with E-state index in [9.17, 15) is 0 Å². The van der Waals surface area contributed by atoms with Gasteiger partial charge in [0.2, 0.25) is 0 Å². The van der Waals surface area contributed by atoms with Crippen molar-refractivity contribution in [3.05, 3.63) is 42.2 Å². The molecule has 2 heteroatoms. The van der Waals surface area contributed by atoms with E-state index in [0.29, 0.717) is 5.76 Å². The molecule has 1 nitrogen and oxygen atoms in total. The minimum atomic E-state index is 0.691. The van der Waals surface area contributed by atoms with Crippen molar-refractivity contribution in [1.29, 1.82) is 0 Å². The molecule has 0 spiro atoms. The molecule has 0 amide bonds. The molecule has 55 valence electrons. The van der Waals surface area contributed by atoms with Gasteiger partial charge in [0.1, 0.15) is 5.76 Å². The van der Waals surface area contributed by atoms with E-state index in [1.165, 1.54) is 0 Å². The summed E-state index contributed by atoms with van der Waals surface area (Å²) < 4.78 is 5.10. The largest absolute Gasteiger partial charge is 0.468 e. The van der Waals surface area contributed by atoms with Crippen LogP contribution < -0.4 is 0 Å². The first-order chi connectivity index (χ1) is 5.27. The second-order valence-electron chi connectivity index (χ2n) is 2.39. The predicted molar refractivity (Wildman–Crippen MR) is 45.7 cm³/mol. The first-order valence-electron chi connectivity index (χ1n) is 3.26. The molecule has 1 aromatic carbocycles. The average Bonchev–Trinajstić information content (AvgIpc) is 2.32. The third-order valence-electron chi connectivity index (χ3n) is 1.64. The average molecular weight is 166 g/mol. The summed E-state index contributed by atoms with van der Waals surface area (Å²) in [5, 5.41) is 2.75. The van der Waals surface area contributed by atoms with Crippen molar-refractivity contribution in [2.45, 2.75) is 0 Å². The molecular formula is C9H6ClO. The van der Waals surface area contributed by atoms with E-state index in [2.05, 4.69) is 6.92 Å². The van der Waals surface area contributed by atoms with Crippen LogP contribution in [0, 0.1) is 6.92 Å². The first-order valence-corrected chi connectivity index (χ1v) is 3.64. The fraction of sp³-hybridized carbons (Fsp3) is 0. The molecule has 0 aliphatic rings. The Morgan fingerprint density at radius 2 is 2.18 bits per heavy atom. The van der Waals surface area contributed by atoms with Gasteiger partial charge in [0, 0.05) is 22.7 Å². The second kappa shape index (κ2) is 2.28. The smallest absolute Gasteiger partial charge is 0.112 e. The van der Waals surface area contributed by atoms with Crippen LogP contribution >= 0.6 is 11.6 Å². The zero-order chi connectivity index (χ0) is 7.84. The summed E-state index contributed by atoms with van der Waals surface area (Å²) >= 11 is 5.77. The number of furan rings is 1. The summed E-state index contributed by atoms with van der Waals surface area (Å²) in [6.07, 6.45) is 1.66. The molecule has 0 unspecified atom stereocenters. The molecule has 0 saturated carbocycles. The van der Waals surface area contributed by atoms with Crippen molar-refractivity contribution in [3.8, 4) is 0 Å².